The zero-order valence-corrected chi connectivity index (χ0v) is 20.8. The first-order valence-electron chi connectivity index (χ1n) is 11.0. The van der Waals surface area contributed by atoms with Gasteiger partial charge < -0.3 is 30.5 Å². The maximum absolute atomic E-state index is 13.5. The van der Waals surface area contributed by atoms with Gasteiger partial charge in [0.1, 0.15) is 11.8 Å². The quantitative estimate of drug-likeness (QED) is 0.226. The Morgan fingerprint density at radius 2 is 2.11 bits per heavy atom. The number of esters is 1. The summed E-state index contributed by atoms with van der Waals surface area (Å²) in [5, 5.41) is 13.9. The van der Waals surface area contributed by atoms with Crippen molar-refractivity contribution in [1.82, 2.24) is 24.6 Å². The van der Waals surface area contributed by atoms with Crippen molar-refractivity contribution in [3.05, 3.63) is 36.7 Å². The molecule has 192 valence electrons. The summed E-state index contributed by atoms with van der Waals surface area (Å²) in [6.07, 6.45) is 0.233. The molecule has 15 heteroatoms. The fourth-order valence-electron chi connectivity index (χ4n) is 3.63. The van der Waals surface area contributed by atoms with Crippen LogP contribution in [0.15, 0.2) is 36.7 Å². The summed E-state index contributed by atoms with van der Waals surface area (Å²) >= 11 is 0. The highest BCUT2D eigenvalue weighted by atomic mass is 31.2. The Bertz CT molecular complexity index is 1300. The van der Waals surface area contributed by atoms with Crippen molar-refractivity contribution in [3.8, 4) is 5.75 Å². The third-order valence-electron chi connectivity index (χ3n) is 5.30. The number of carbonyl (C=O) groups excluding carboxylic acids is 1. The van der Waals surface area contributed by atoms with Crippen LogP contribution in [0.25, 0.3) is 11.2 Å². The van der Waals surface area contributed by atoms with E-state index < -0.39 is 32.1 Å². The maximum Gasteiger partial charge on any atom is 0.459 e. The molecule has 5 N–H and O–H groups in total. The second-order valence-electron chi connectivity index (χ2n) is 7.92. The van der Waals surface area contributed by atoms with E-state index in [-0.39, 0.29) is 30.4 Å². The van der Waals surface area contributed by atoms with E-state index in [1.165, 1.54) is 20.4 Å². The standard InChI is InChI=1S/C21H27N8O6P/c1-12(20(30)32-3)28-36(31,35-13-7-5-4-6-8-13)33-10-14-9-15(22)19(34-14)29-11-25-16-17(24-2)26-21(23)27-18(16)29/h4-8,11-12,14,19,22H,9-10H2,1-3H3,(H,28,31)(H3,23,24,26,27)/t12-,14-,19+,36-/m0/s1. The second-order valence-corrected chi connectivity index (χ2v) is 9.61. The van der Waals surface area contributed by atoms with Gasteiger partial charge in [-0.2, -0.15) is 15.1 Å². The van der Waals surface area contributed by atoms with Gasteiger partial charge in [0.2, 0.25) is 5.95 Å². The number of aromatic nitrogens is 4. The first-order chi connectivity index (χ1) is 17.2. The molecular weight excluding hydrogens is 491 g/mol. The average molecular weight is 518 g/mol. The van der Waals surface area contributed by atoms with Gasteiger partial charge in [0.25, 0.3) is 0 Å². The molecular formula is C21H27N8O6P. The monoisotopic (exact) mass is 518 g/mol. The summed E-state index contributed by atoms with van der Waals surface area (Å²) in [6.45, 7) is 1.29. The third-order valence-corrected chi connectivity index (χ3v) is 6.94. The topological polar surface area (TPSA) is 189 Å². The number of ether oxygens (including phenoxy) is 2. The third kappa shape index (κ3) is 5.46. The summed E-state index contributed by atoms with van der Waals surface area (Å²) in [5.74, 6) is 0.141. The Hall–Kier alpha value is -3.58. The van der Waals surface area contributed by atoms with E-state index in [9.17, 15) is 9.36 Å². The Morgan fingerprint density at radius 1 is 1.36 bits per heavy atom. The molecule has 2 aromatic heterocycles. The molecule has 3 aromatic rings. The molecule has 14 nitrogen and oxygen atoms in total. The normalized spacial score (nSPS) is 20.1. The molecule has 0 aliphatic carbocycles. The lowest BCUT2D eigenvalue weighted by molar-refractivity contribution is -0.142. The highest BCUT2D eigenvalue weighted by Gasteiger charge is 2.37. The van der Waals surface area contributed by atoms with Crippen molar-refractivity contribution in [2.24, 2.45) is 0 Å². The molecule has 0 amide bonds. The Kier molecular flexibility index (Phi) is 7.50. The van der Waals surface area contributed by atoms with Crippen molar-refractivity contribution in [2.45, 2.75) is 31.7 Å². The lowest BCUT2D eigenvalue weighted by Gasteiger charge is -2.23. The number of fused-ring (bicyclic) bond motifs is 1. The first-order valence-corrected chi connectivity index (χ1v) is 12.5. The number of anilines is 2. The zero-order valence-electron chi connectivity index (χ0n) is 19.9. The van der Waals surface area contributed by atoms with Gasteiger partial charge in [-0.15, -0.1) is 0 Å². The predicted molar refractivity (Wildman–Crippen MR) is 131 cm³/mol. The first kappa shape index (κ1) is 25.5. The van der Waals surface area contributed by atoms with Crippen LogP contribution in [0.3, 0.4) is 0 Å². The van der Waals surface area contributed by atoms with Crippen molar-refractivity contribution >= 4 is 42.4 Å². The van der Waals surface area contributed by atoms with Gasteiger partial charge in [-0.05, 0) is 19.1 Å². The van der Waals surface area contributed by atoms with Crippen LogP contribution < -0.4 is 20.7 Å². The van der Waals surface area contributed by atoms with Crippen LogP contribution in [0.2, 0.25) is 0 Å². The van der Waals surface area contributed by atoms with Crippen LogP contribution in [0.1, 0.15) is 19.6 Å². The van der Waals surface area contributed by atoms with Crippen LogP contribution >= 0.6 is 7.75 Å². The average Bonchev–Trinajstić information content (AvgIpc) is 3.44. The van der Waals surface area contributed by atoms with Crippen LogP contribution in [0.4, 0.5) is 11.8 Å². The molecule has 1 aliphatic heterocycles. The highest BCUT2D eigenvalue weighted by molar-refractivity contribution is 7.52. The molecule has 0 bridgehead atoms. The molecule has 1 fully saturated rings. The van der Waals surface area contributed by atoms with E-state index in [2.05, 4.69) is 25.4 Å². The molecule has 36 heavy (non-hydrogen) atoms. The number of methoxy groups -OCH3 is 1. The SMILES string of the molecule is CNc1nc(N)nc2c1ncn2[C@@H]1O[C@H](CO[P@@](=O)(N[C@@H](C)C(=O)OC)Oc2ccccc2)CC1=N. The number of para-hydroxylation sites is 1. The molecule has 0 saturated carbocycles. The smallest absolute Gasteiger partial charge is 0.459 e. The molecule has 1 aliphatic rings. The molecule has 0 spiro atoms. The Morgan fingerprint density at radius 3 is 2.81 bits per heavy atom. The highest BCUT2D eigenvalue weighted by Crippen LogP contribution is 2.45. The number of hydrogen-bond acceptors (Lipinski definition) is 12. The van der Waals surface area contributed by atoms with E-state index in [4.69, 9.17) is 29.7 Å². The van der Waals surface area contributed by atoms with Gasteiger partial charge in [-0.25, -0.2) is 9.55 Å². The van der Waals surface area contributed by atoms with Gasteiger partial charge >= 0.3 is 13.7 Å². The van der Waals surface area contributed by atoms with Crippen molar-refractivity contribution in [1.29, 1.82) is 5.41 Å². The largest absolute Gasteiger partial charge is 0.468 e. The van der Waals surface area contributed by atoms with E-state index in [0.717, 1.165) is 0 Å². The van der Waals surface area contributed by atoms with E-state index >= 15 is 0 Å². The lowest BCUT2D eigenvalue weighted by Crippen LogP contribution is -2.35. The van der Waals surface area contributed by atoms with Gasteiger partial charge in [-0.3, -0.25) is 13.9 Å². The number of nitrogens with two attached hydrogens (primary N) is 1. The van der Waals surface area contributed by atoms with Crippen molar-refractivity contribution < 1.29 is 27.9 Å². The summed E-state index contributed by atoms with van der Waals surface area (Å²) in [6, 6.07) is 7.44. The number of carbonyl (C=O) groups is 1. The van der Waals surface area contributed by atoms with Gasteiger partial charge in [0, 0.05) is 13.5 Å². The fourth-order valence-corrected chi connectivity index (χ4v) is 5.15. The summed E-state index contributed by atoms with van der Waals surface area (Å²) in [7, 11) is -1.13. The summed E-state index contributed by atoms with van der Waals surface area (Å²) in [5.41, 5.74) is 6.93. The number of nitrogens with zero attached hydrogens (tertiary/aromatic N) is 4. The predicted octanol–water partition coefficient (Wildman–Crippen LogP) is 2.11. The lowest BCUT2D eigenvalue weighted by atomic mass is 10.2. The van der Waals surface area contributed by atoms with Crippen LogP contribution in [-0.2, 0) is 23.4 Å². The fraction of sp³-hybridized carbons (Fsp3) is 0.381. The van der Waals surface area contributed by atoms with Crippen molar-refractivity contribution in [2.75, 3.05) is 31.8 Å². The number of imidazole rings is 1. The van der Waals surface area contributed by atoms with Gasteiger partial charge in [0.15, 0.2) is 23.2 Å². The molecule has 0 radical (unpaired) electrons. The van der Waals surface area contributed by atoms with Crippen molar-refractivity contribution in [3.63, 3.8) is 0 Å². The molecule has 3 heterocycles. The summed E-state index contributed by atoms with van der Waals surface area (Å²) < 4.78 is 37.1. The minimum Gasteiger partial charge on any atom is -0.468 e. The number of nitrogens with one attached hydrogen (secondary N) is 3. The number of hydrogen-bond donors (Lipinski definition) is 4. The molecule has 4 atom stereocenters. The van der Waals surface area contributed by atoms with Crippen LogP contribution in [0.5, 0.6) is 5.75 Å². The van der Waals surface area contributed by atoms with E-state index in [1.54, 1.807) is 41.9 Å². The van der Waals surface area contributed by atoms with Gasteiger partial charge in [-0.1, -0.05) is 18.2 Å². The summed E-state index contributed by atoms with van der Waals surface area (Å²) in [4.78, 5) is 24.6. The van der Waals surface area contributed by atoms with Gasteiger partial charge in [0.05, 0.1) is 31.9 Å². The second kappa shape index (κ2) is 10.6. The molecule has 0 unspecified atom stereocenters. The van der Waals surface area contributed by atoms with Crippen LogP contribution in [-0.4, -0.2) is 64.1 Å². The Balaban J connectivity index is 1.50. The van der Waals surface area contributed by atoms with Crippen LogP contribution in [0, 0.1) is 5.41 Å². The zero-order chi connectivity index (χ0) is 25.9. The molecule has 4 rings (SSSR count). The van der Waals surface area contributed by atoms with E-state index in [0.29, 0.717) is 17.0 Å². The number of benzene rings is 1. The Labute approximate surface area is 206 Å². The van der Waals surface area contributed by atoms with E-state index in [1.807, 2.05) is 0 Å². The number of nitrogen functional groups attached to an aromatic ring is 1. The maximum atomic E-state index is 13.5. The molecule has 1 saturated heterocycles. The minimum absolute atomic E-state index is 0.0443. The molecule has 1 aromatic carbocycles. The minimum atomic E-state index is -4.04. The number of rotatable bonds is 10.